The van der Waals surface area contributed by atoms with Gasteiger partial charge >= 0.3 is 5.82 Å². The van der Waals surface area contributed by atoms with Gasteiger partial charge in [-0.05, 0) is 30.0 Å². The molecule has 2 aromatic heterocycles. The third-order valence-electron chi connectivity index (χ3n) is 4.65. The summed E-state index contributed by atoms with van der Waals surface area (Å²) in [4.78, 5) is 16.9. The van der Waals surface area contributed by atoms with E-state index in [2.05, 4.69) is 39.5 Å². The quantitative estimate of drug-likeness (QED) is 0.581. The third-order valence-corrected chi connectivity index (χ3v) is 4.65. The number of aromatic nitrogens is 3. The number of likely N-dealkylation sites (N-methyl/N-ethyl adjacent to an activating group) is 1. The average molecular weight is 338 g/mol. The Labute approximate surface area is 144 Å². The van der Waals surface area contributed by atoms with Crippen LogP contribution in [0, 0.1) is 10.1 Å². The standard InChI is InChI=1S/C17H18N6O2/c1-21-10-9-13(17(21)12-5-3-2-4-6-12)19-14-7-8-15-18-11-16(23(24)25)22(15)20-14/h2-8,11,13,17H,9-10H2,1H3,(H,19,20)/t13-,17-/m1/s1. The molecule has 8 nitrogen and oxygen atoms in total. The molecule has 1 aromatic carbocycles. The summed E-state index contributed by atoms with van der Waals surface area (Å²) in [6.07, 6.45) is 2.20. The monoisotopic (exact) mass is 338 g/mol. The molecule has 3 aromatic rings. The van der Waals surface area contributed by atoms with E-state index in [0.29, 0.717) is 11.5 Å². The zero-order valence-electron chi connectivity index (χ0n) is 13.7. The molecule has 0 amide bonds. The maximum Gasteiger partial charge on any atom is 0.368 e. The minimum Gasteiger partial charge on any atom is -0.362 e. The van der Waals surface area contributed by atoms with E-state index in [-0.39, 0.29) is 17.9 Å². The first-order chi connectivity index (χ1) is 12.1. The summed E-state index contributed by atoms with van der Waals surface area (Å²) >= 11 is 0. The summed E-state index contributed by atoms with van der Waals surface area (Å²) in [5.74, 6) is 0.469. The largest absolute Gasteiger partial charge is 0.368 e. The lowest BCUT2D eigenvalue weighted by Gasteiger charge is -2.26. The maximum absolute atomic E-state index is 11.1. The first kappa shape index (κ1) is 15.5. The van der Waals surface area contributed by atoms with Gasteiger partial charge in [-0.25, -0.2) is 4.98 Å². The molecule has 25 heavy (non-hydrogen) atoms. The number of likely N-dealkylation sites (tertiary alicyclic amines) is 1. The van der Waals surface area contributed by atoms with Gasteiger partial charge in [0.1, 0.15) is 6.20 Å². The van der Waals surface area contributed by atoms with Gasteiger partial charge in [0.15, 0.2) is 5.82 Å². The number of anilines is 1. The fraction of sp³-hybridized carbons (Fsp3) is 0.294. The van der Waals surface area contributed by atoms with E-state index in [4.69, 9.17) is 0 Å². The second-order valence-electron chi connectivity index (χ2n) is 6.24. The van der Waals surface area contributed by atoms with Crippen LogP contribution in [-0.4, -0.2) is 44.1 Å². The molecule has 128 valence electrons. The number of rotatable bonds is 4. The number of hydrogen-bond donors (Lipinski definition) is 1. The van der Waals surface area contributed by atoms with Crippen LogP contribution in [0.4, 0.5) is 11.6 Å². The summed E-state index contributed by atoms with van der Waals surface area (Å²) in [6, 6.07) is 14.3. The van der Waals surface area contributed by atoms with Gasteiger partial charge in [0, 0.05) is 18.7 Å². The predicted octanol–water partition coefficient (Wildman–Crippen LogP) is 2.49. The predicted molar refractivity (Wildman–Crippen MR) is 93.5 cm³/mol. The van der Waals surface area contributed by atoms with Gasteiger partial charge in [-0.3, -0.25) is 4.90 Å². The molecule has 1 fully saturated rings. The minimum absolute atomic E-state index is 0.137. The van der Waals surface area contributed by atoms with Gasteiger partial charge in [-0.2, -0.15) is 0 Å². The van der Waals surface area contributed by atoms with Crippen LogP contribution in [0.5, 0.6) is 0 Å². The summed E-state index contributed by atoms with van der Waals surface area (Å²) in [5, 5.41) is 18.9. The van der Waals surface area contributed by atoms with Crippen molar-refractivity contribution in [2.45, 2.75) is 18.5 Å². The zero-order valence-corrected chi connectivity index (χ0v) is 13.7. The molecule has 0 bridgehead atoms. The summed E-state index contributed by atoms with van der Waals surface area (Å²) < 4.78 is 1.26. The van der Waals surface area contributed by atoms with Crippen LogP contribution in [0.15, 0.2) is 48.7 Å². The Bertz CT molecular complexity index is 910. The molecule has 0 aliphatic carbocycles. The van der Waals surface area contributed by atoms with Crippen LogP contribution >= 0.6 is 0 Å². The molecule has 3 heterocycles. The van der Waals surface area contributed by atoms with Crippen molar-refractivity contribution in [3.8, 4) is 0 Å². The summed E-state index contributed by atoms with van der Waals surface area (Å²) in [5.41, 5.74) is 1.70. The zero-order chi connectivity index (χ0) is 17.4. The van der Waals surface area contributed by atoms with Crippen LogP contribution in [0.1, 0.15) is 18.0 Å². The van der Waals surface area contributed by atoms with Crippen molar-refractivity contribution in [1.29, 1.82) is 0 Å². The lowest BCUT2D eigenvalue weighted by atomic mass is 10.0. The van der Waals surface area contributed by atoms with Crippen molar-refractivity contribution >= 4 is 17.3 Å². The molecule has 1 N–H and O–H groups in total. The first-order valence-electron chi connectivity index (χ1n) is 8.14. The molecular weight excluding hydrogens is 320 g/mol. The molecule has 0 unspecified atom stereocenters. The number of nitro groups is 1. The van der Waals surface area contributed by atoms with Crippen molar-refractivity contribution in [1.82, 2.24) is 19.5 Å². The van der Waals surface area contributed by atoms with Gasteiger partial charge in [-0.15, -0.1) is 0 Å². The average Bonchev–Trinajstić information content (AvgIpc) is 3.19. The van der Waals surface area contributed by atoms with E-state index >= 15 is 0 Å². The summed E-state index contributed by atoms with van der Waals surface area (Å²) in [6.45, 7) is 0.977. The molecule has 2 atom stereocenters. The third kappa shape index (κ3) is 2.80. The summed E-state index contributed by atoms with van der Waals surface area (Å²) in [7, 11) is 2.11. The van der Waals surface area contributed by atoms with E-state index in [9.17, 15) is 10.1 Å². The van der Waals surface area contributed by atoms with Crippen molar-refractivity contribution in [3.05, 3.63) is 64.3 Å². The minimum atomic E-state index is -0.479. The molecule has 4 rings (SSSR count). The van der Waals surface area contributed by atoms with E-state index < -0.39 is 4.92 Å². The fourth-order valence-corrected chi connectivity index (χ4v) is 3.49. The highest BCUT2D eigenvalue weighted by Gasteiger charge is 2.33. The fourth-order valence-electron chi connectivity index (χ4n) is 3.49. The Morgan fingerprint density at radius 2 is 2.04 bits per heavy atom. The number of fused-ring (bicyclic) bond motifs is 1. The normalized spacial score (nSPS) is 20.8. The van der Waals surface area contributed by atoms with Gasteiger partial charge in [0.05, 0.1) is 6.04 Å². The number of nitrogens with zero attached hydrogens (tertiary/aromatic N) is 5. The van der Waals surface area contributed by atoms with Gasteiger partial charge in [0.2, 0.25) is 5.65 Å². The molecule has 8 heteroatoms. The van der Waals surface area contributed by atoms with Gasteiger partial charge < -0.3 is 15.4 Å². The topological polar surface area (TPSA) is 88.6 Å². The Kier molecular flexibility index (Phi) is 3.81. The number of hydrogen-bond acceptors (Lipinski definition) is 6. The second kappa shape index (κ2) is 6.14. The van der Waals surface area contributed by atoms with Crippen LogP contribution in [0.25, 0.3) is 5.65 Å². The molecule has 1 saturated heterocycles. The molecular formula is C17H18N6O2. The molecule has 1 aliphatic rings. The maximum atomic E-state index is 11.1. The number of imidazole rings is 1. The van der Waals surface area contributed by atoms with E-state index in [1.807, 2.05) is 24.3 Å². The number of nitrogens with one attached hydrogen (secondary N) is 1. The highest BCUT2D eigenvalue weighted by Crippen LogP contribution is 2.32. The molecule has 0 radical (unpaired) electrons. The molecule has 1 aliphatic heterocycles. The van der Waals surface area contributed by atoms with Crippen LogP contribution in [0.2, 0.25) is 0 Å². The molecule has 0 saturated carbocycles. The number of benzene rings is 1. The van der Waals surface area contributed by atoms with Crippen LogP contribution < -0.4 is 5.32 Å². The van der Waals surface area contributed by atoms with Gasteiger partial charge in [0.25, 0.3) is 0 Å². The Balaban J connectivity index is 1.64. The van der Waals surface area contributed by atoms with Crippen LogP contribution in [0.3, 0.4) is 0 Å². The lowest BCUT2D eigenvalue weighted by molar-refractivity contribution is -0.391. The molecule has 0 spiro atoms. The SMILES string of the molecule is CN1CC[C@@H](Nc2ccc3ncc([N+](=O)[O-])n3n2)[C@H]1c1ccccc1. The van der Waals surface area contributed by atoms with Crippen LogP contribution in [-0.2, 0) is 0 Å². The Morgan fingerprint density at radius 3 is 2.80 bits per heavy atom. The first-order valence-corrected chi connectivity index (χ1v) is 8.14. The van der Waals surface area contributed by atoms with Gasteiger partial charge in [-0.1, -0.05) is 39.9 Å². The Morgan fingerprint density at radius 1 is 1.24 bits per heavy atom. The highest BCUT2D eigenvalue weighted by atomic mass is 16.6. The van der Waals surface area contributed by atoms with Crippen molar-refractivity contribution in [3.63, 3.8) is 0 Å². The van der Waals surface area contributed by atoms with E-state index in [1.165, 1.54) is 16.3 Å². The van der Waals surface area contributed by atoms with Crippen molar-refractivity contribution in [2.24, 2.45) is 0 Å². The van der Waals surface area contributed by atoms with E-state index in [0.717, 1.165) is 13.0 Å². The second-order valence-corrected chi connectivity index (χ2v) is 6.24. The lowest BCUT2D eigenvalue weighted by Crippen LogP contribution is -2.29. The Hall–Kier alpha value is -3.00. The smallest absolute Gasteiger partial charge is 0.362 e. The van der Waals surface area contributed by atoms with Crippen molar-refractivity contribution in [2.75, 3.05) is 18.9 Å². The van der Waals surface area contributed by atoms with E-state index in [1.54, 1.807) is 6.07 Å². The highest BCUT2D eigenvalue weighted by molar-refractivity contribution is 5.49. The van der Waals surface area contributed by atoms with Crippen molar-refractivity contribution < 1.29 is 4.92 Å².